The van der Waals surface area contributed by atoms with Crippen LogP contribution in [0.3, 0.4) is 0 Å². The van der Waals surface area contributed by atoms with Crippen LogP contribution in [0.1, 0.15) is 5.69 Å². The summed E-state index contributed by atoms with van der Waals surface area (Å²) in [7, 11) is 0. The third kappa shape index (κ3) is 4.72. The second kappa shape index (κ2) is 8.98. The summed E-state index contributed by atoms with van der Waals surface area (Å²) in [6.07, 6.45) is 2.05. The number of thioether (sulfide) groups is 1. The molecule has 0 saturated carbocycles. The number of nitrogens with one attached hydrogen (secondary N) is 1. The number of morpholine rings is 1. The fourth-order valence-corrected chi connectivity index (χ4v) is 3.14. The molecular weight excluding hydrogens is 352 g/mol. The lowest BCUT2D eigenvalue weighted by Crippen LogP contribution is -2.37. The lowest BCUT2D eigenvalue weighted by Gasteiger charge is -2.28. The number of ether oxygens (including phenoxy) is 1. The number of carbonyl (C=O) groups excluding carboxylic acids is 1. The number of aliphatic hydroxyl groups excluding tert-OH is 1. The number of hydrogen-bond donors (Lipinski definition) is 2. The number of anilines is 2. The lowest BCUT2D eigenvalue weighted by atomic mass is 10.2. The molecule has 0 unspecified atom stereocenters. The average molecular weight is 374 g/mol. The lowest BCUT2D eigenvalue weighted by molar-refractivity contribution is -0.118. The van der Waals surface area contributed by atoms with Crippen LogP contribution in [0.25, 0.3) is 11.4 Å². The molecule has 1 fully saturated rings. The van der Waals surface area contributed by atoms with E-state index in [4.69, 9.17) is 14.8 Å². The van der Waals surface area contributed by atoms with Crippen LogP contribution in [0, 0.1) is 0 Å². The maximum absolute atomic E-state index is 11.3. The summed E-state index contributed by atoms with van der Waals surface area (Å²) in [5.74, 6) is 1.96. The molecule has 0 atom stereocenters. The van der Waals surface area contributed by atoms with Crippen molar-refractivity contribution in [2.75, 3.05) is 49.4 Å². The van der Waals surface area contributed by atoms with Gasteiger partial charge in [0.25, 0.3) is 0 Å². The van der Waals surface area contributed by atoms with E-state index in [1.807, 2.05) is 18.2 Å². The number of rotatable bonds is 6. The smallest absolute Gasteiger partial charge is 0.250 e. The Morgan fingerprint density at radius 2 is 2.00 bits per heavy atom. The molecule has 1 aliphatic rings. The molecule has 2 N–H and O–H groups in total. The van der Waals surface area contributed by atoms with Crippen LogP contribution in [0.15, 0.2) is 30.3 Å². The second-order valence-corrected chi connectivity index (χ2v) is 6.72. The molecule has 3 rings (SSSR count). The number of hydrogen-bond acceptors (Lipinski definition) is 7. The third-order valence-corrected chi connectivity index (χ3v) is 4.55. The summed E-state index contributed by atoms with van der Waals surface area (Å²) >= 11 is 1.72. The van der Waals surface area contributed by atoms with Crippen molar-refractivity contribution in [2.45, 2.75) is 5.75 Å². The highest BCUT2D eigenvalue weighted by atomic mass is 32.2. The van der Waals surface area contributed by atoms with Gasteiger partial charge in [0.15, 0.2) is 5.82 Å². The van der Waals surface area contributed by atoms with E-state index in [1.165, 1.54) is 0 Å². The zero-order valence-corrected chi connectivity index (χ0v) is 15.5. The van der Waals surface area contributed by atoms with Crippen LogP contribution < -0.4 is 10.2 Å². The summed E-state index contributed by atoms with van der Waals surface area (Å²) in [5.41, 5.74) is 2.49. The van der Waals surface area contributed by atoms with Crippen LogP contribution in [-0.4, -0.2) is 60.1 Å². The predicted molar refractivity (Wildman–Crippen MR) is 103 cm³/mol. The minimum Gasteiger partial charge on any atom is -0.387 e. The Hall–Kier alpha value is -2.16. The topological polar surface area (TPSA) is 87.6 Å². The van der Waals surface area contributed by atoms with Gasteiger partial charge in [0, 0.05) is 36.2 Å². The maximum Gasteiger partial charge on any atom is 0.250 e. The van der Waals surface area contributed by atoms with Gasteiger partial charge in [-0.1, -0.05) is 0 Å². The molecule has 7 nitrogen and oxygen atoms in total. The molecule has 138 valence electrons. The fourth-order valence-electron chi connectivity index (χ4n) is 2.69. The Bertz CT molecular complexity index is 749. The summed E-state index contributed by atoms with van der Waals surface area (Å²) < 4.78 is 5.43. The van der Waals surface area contributed by atoms with Gasteiger partial charge in [-0.15, -0.1) is 0 Å². The maximum atomic E-state index is 11.3. The molecular formula is C18H22N4O3S. The molecule has 2 heterocycles. The van der Waals surface area contributed by atoms with E-state index in [2.05, 4.69) is 21.5 Å². The van der Waals surface area contributed by atoms with Crippen molar-refractivity contribution in [1.29, 1.82) is 0 Å². The zero-order valence-electron chi connectivity index (χ0n) is 14.6. The Morgan fingerprint density at radius 1 is 1.27 bits per heavy atom. The highest BCUT2D eigenvalue weighted by Gasteiger charge is 2.15. The Kier molecular flexibility index (Phi) is 6.43. The van der Waals surface area contributed by atoms with Crippen LogP contribution in [0.4, 0.5) is 11.5 Å². The molecule has 1 aliphatic heterocycles. The Morgan fingerprint density at radius 3 is 2.65 bits per heavy atom. The number of benzene rings is 1. The van der Waals surface area contributed by atoms with Gasteiger partial charge in [-0.25, -0.2) is 9.97 Å². The van der Waals surface area contributed by atoms with Gasteiger partial charge in [-0.05, 0) is 30.5 Å². The number of aliphatic hydroxyl groups is 1. The van der Waals surface area contributed by atoms with E-state index in [1.54, 1.807) is 23.9 Å². The number of amides is 1. The van der Waals surface area contributed by atoms with Crippen LogP contribution in [0.5, 0.6) is 0 Å². The van der Waals surface area contributed by atoms with Crippen molar-refractivity contribution in [2.24, 2.45) is 0 Å². The van der Waals surface area contributed by atoms with Crippen LogP contribution >= 0.6 is 11.8 Å². The van der Waals surface area contributed by atoms with Crippen molar-refractivity contribution in [3.05, 3.63) is 36.0 Å². The molecule has 1 aromatic heterocycles. The zero-order chi connectivity index (χ0) is 18.4. The number of aromatic nitrogens is 2. The monoisotopic (exact) mass is 374 g/mol. The van der Waals surface area contributed by atoms with Crippen LogP contribution in [-0.2, 0) is 15.3 Å². The predicted octanol–water partition coefficient (Wildman–Crippen LogP) is 1.77. The Balaban J connectivity index is 1.87. The van der Waals surface area contributed by atoms with E-state index in [0.29, 0.717) is 24.7 Å². The van der Waals surface area contributed by atoms with Crippen molar-refractivity contribution in [1.82, 2.24) is 9.97 Å². The van der Waals surface area contributed by atoms with Crippen molar-refractivity contribution < 1.29 is 14.6 Å². The molecule has 2 aromatic rings. The first kappa shape index (κ1) is 18.6. The largest absolute Gasteiger partial charge is 0.387 e. The molecule has 1 amide bonds. The van der Waals surface area contributed by atoms with Gasteiger partial charge < -0.3 is 20.1 Å². The average Bonchev–Trinajstić information content (AvgIpc) is 2.69. The van der Waals surface area contributed by atoms with Gasteiger partial charge in [0.05, 0.1) is 18.9 Å². The first-order valence-corrected chi connectivity index (χ1v) is 9.79. The SMILES string of the molecule is CSCc1cc(N2CCOCC2)nc(-c2ccc(NC(=O)CO)cc2)n1. The highest BCUT2D eigenvalue weighted by molar-refractivity contribution is 7.97. The fraction of sp³-hybridized carbons (Fsp3) is 0.389. The van der Waals surface area contributed by atoms with Gasteiger partial charge in [-0.3, -0.25) is 4.79 Å². The molecule has 0 spiro atoms. The minimum atomic E-state index is -0.537. The van der Waals surface area contributed by atoms with Gasteiger partial charge in [-0.2, -0.15) is 11.8 Å². The summed E-state index contributed by atoms with van der Waals surface area (Å²) in [4.78, 5) is 22.9. The van der Waals surface area contributed by atoms with E-state index < -0.39 is 12.5 Å². The highest BCUT2D eigenvalue weighted by Crippen LogP contribution is 2.24. The van der Waals surface area contributed by atoms with Crippen molar-refractivity contribution >= 4 is 29.2 Å². The van der Waals surface area contributed by atoms with E-state index >= 15 is 0 Å². The first-order valence-electron chi connectivity index (χ1n) is 8.40. The quantitative estimate of drug-likeness (QED) is 0.797. The minimum absolute atomic E-state index is 0.439. The van der Waals surface area contributed by atoms with Gasteiger partial charge >= 0.3 is 0 Å². The number of carbonyl (C=O) groups is 1. The summed E-state index contributed by atoms with van der Waals surface area (Å²) in [6.45, 7) is 2.51. The van der Waals surface area contributed by atoms with Gasteiger partial charge in [0.1, 0.15) is 12.4 Å². The standard InChI is InChI=1S/C18H22N4O3S/c1-26-12-15-10-16(22-6-8-25-9-7-22)21-18(20-15)13-2-4-14(5-3-13)19-17(24)11-23/h2-5,10,23H,6-9,11-12H2,1H3,(H,19,24). The van der Waals surface area contributed by atoms with Crippen molar-refractivity contribution in [3.8, 4) is 11.4 Å². The molecule has 1 saturated heterocycles. The normalized spacial score (nSPS) is 14.3. The third-order valence-electron chi connectivity index (χ3n) is 3.96. The van der Waals surface area contributed by atoms with Crippen molar-refractivity contribution in [3.63, 3.8) is 0 Å². The van der Waals surface area contributed by atoms with Gasteiger partial charge in [0.2, 0.25) is 5.91 Å². The number of nitrogens with zero attached hydrogens (tertiary/aromatic N) is 3. The summed E-state index contributed by atoms with van der Waals surface area (Å²) in [5, 5.41) is 11.4. The van der Waals surface area contributed by atoms with E-state index in [-0.39, 0.29) is 0 Å². The molecule has 26 heavy (non-hydrogen) atoms. The molecule has 0 aliphatic carbocycles. The first-order chi connectivity index (χ1) is 12.7. The Labute approximate surface area is 156 Å². The van der Waals surface area contributed by atoms with E-state index in [9.17, 15) is 4.79 Å². The molecule has 8 heteroatoms. The second-order valence-electron chi connectivity index (χ2n) is 5.86. The molecule has 0 radical (unpaired) electrons. The molecule has 0 bridgehead atoms. The molecule has 1 aromatic carbocycles. The summed E-state index contributed by atoms with van der Waals surface area (Å²) in [6, 6.07) is 9.34. The van der Waals surface area contributed by atoms with Crippen LogP contribution in [0.2, 0.25) is 0 Å². The van der Waals surface area contributed by atoms with E-state index in [0.717, 1.165) is 35.9 Å².